The van der Waals surface area contributed by atoms with Gasteiger partial charge in [-0.1, -0.05) is 57.7 Å². The molecule has 0 aliphatic carbocycles. The number of hydrogen-bond donors (Lipinski definition) is 1. The summed E-state index contributed by atoms with van der Waals surface area (Å²) in [7, 11) is 2.35. The maximum atomic E-state index is 7.13. The molecule has 0 aromatic rings. The fourth-order valence-corrected chi connectivity index (χ4v) is 2.85. The molecule has 0 bridgehead atoms. The summed E-state index contributed by atoms with van der Waals surface area (Å²) >= 11 is 3.70. The Bertz CT molecular complexity index is 213. The maximum absolute atomic E-state index is 7.13. The number of thiocarbonyl (C=S) groups is 1. The monoisotopic (exact) mass is 270 g/mol. The van der Waals surface area contributed by atoms with Crippen molar-refractivity contribution in [3.63, 3.8) is 0 Å². The zero-order valence-corrected chi connectivity index (χ0v) is 13.0. The Morgan fingerprint density at radius 2 is 1.83 bits per heavy atom. The lowest BCUT2D eigenvalue weighted by molar-refractivity contribution is -0.888. The van der Waals surface area contributed by atoms with Crippen LogP contribution in [-0.4, -0.2) is 25.3 Å². The number of rotatable bonds is 7. The van der Waals surface area contributed by atoms with Gasteiger partial charge < -0.3 is 10.3 Å². The summed E-state index contributed by atoms with van der Waals surface area (Å²) in [5, 5.41) is 8.47. The summed E-state index contributed by atoms with van der Waals surface area (Å²) in [6.45, 7) is 5.14. The van der Waals surface area contributed by atoms with Gasteiger partial charge in [0.2, 0.25) is 0 Å². The van der Waals surface area contributed by atoms with Gasteiger partial charge in [-0.2, -0.15) is 5.16 Å². The molecular formula is C15H30N2S. The number of nitrogens with one attached hydrogen (secondary N) is 1. The molecule has 1 N–H and O–H groups in total. The van der Waals surface area contributed by atoms with E-state index < -0.39 is 0 Å². The molecule has 18 heavy (non-hydrogen) atoms. The number of piperidine rings is 1. The molecule has 3 heteroatoms. The molecule has 1 fully saturated rings. The average Bonchev–Trinajstić information content (AvgIpc) is 2.35. The quantitative estimate of drug-likeness (QED) is 0.429. The number of nitrogens with zero attached hydrogens (tertiary/aromatic N) is 1. The van der Waals surface area contributed by atoms with Gasteiger partial charge in [-0.05, 0) is 19.3 Å². The van der Waals surface area contributed by atoms with E-state index in [4.69, 9.17) is 5.41 Å². The number of isothiocyanates is 1. The molecule has 0 amide bonds. The summed E-state index contributed by atoms with van der Waals surface area (Å²) in [6, 6.07) is 0. The second-order valence-electron chi connectivity index (χ2n) is 5.57. The van der Waals surface area contributed by atoms with Gasteiger partial charge in [0.1, 0.15) is 0 Å². The molecule has 0 saturated carbocycles. The molecule has 2 atom stereocenters. The minimum absolute atomic E-state index is 1.05. The number of unbranched alkanes of at least 4 members (excludes halogenated alkanes) is 5. The van der Waals surface area contributed by atoms with Crippen LogP contribution in [0.15, 0.2) is 0 Å². The van der Waals surface area contributed by atoms with Gasteiger partial charge in [0.05, 0.1) is 20.1 Å². The van der Waals surface area contributed by atoms with E-state index in [-0.39, 0.29) is 0 Å². The van der Waals surface area contributed by atoms with Crippen LogP contribution >= 0.6 is 12.2 Å². The summed E-state index contributed by atoms with van der Waals surface area (Å²) in [4.78, 5) is 1.76. The van der Waals surface area contributed by atoms with Crippen LogP contribution in [0, 0.1) is 5.92 Å². The van der Waals surface area contributed by atoms with Crippen LogP contribution in [0.3, 0.4) is 0 Å². The molecule has 1 aliphatic rings. The highest BCUT2D eigenvalue weighted by molar-refractivity contribution is 7.78. The third kappa shape index (κ3) is 10.9. The molecule has 2 nitrogen and oxygen atoms in total. The Balaban J connectivity index is 0.000000873. The molecule has 106 valence electrons. The van der Waals surface area contributed by atoms with Crippen LogP contribution in [0.1, 0.15) is 64.7 Å². The van der Waals surface area contributed by atoms with Gasteiger partial charge in [-0.15, -0.1) is 0 Å². The van der Waals surface area contributed by atoms with Gasteiger partial charge in [-0.3, -0.25) is 0 Å². The molecule has 0 aromatic heterocycles. The smallest absolute Gasteiger partial charge is 0.0797 e. The predicted molar refractivity (Wildman–Crippen MR) is 83.3 cm³/mol. The Hall–Kier alpha value is -0.240. The molecule has 0 aromatic carbocycles. The van der Waals surface area contributed by atoms with Crippen LogP contribution in [0.2, 0.25) is 0 Å². The van der Waals surface area contributed by atoms with Crippen molar-refractivity contribution < 1.29 is 4.90 Å². The largest absolute Gasteiger partial charge is 0.753 e. The highest BCUT2D eigenvalue weighted by Crippen LogP contribution is 2.16. The maximum Gasteiger partial charge on any atom is 0.0797 e. The fourth-order valence-electron chi connectivity index (χ4n) is 2.85. The van der Waals surface area contributed by atoms with E-state index in [1.54, 1.807) is 4.90 Å². The standard InChI is InChI=1S/C14H29N.CNS/c1-3-4-5-6-7-8-10-14-11-9-12-15(2)13-14;2-1-3/h14H,3-13H2,1-2H3;/q;-1/p+1. The van der Waals surface area contributed by atoms with Gasteiger partial charge in [-0.25, -0.2) is 0 Å². The second-order valence-corrected chi connectivity index (χ2v) is 5.75. The average molecular weight is 270 g/mol. The van der Waals surface area contributed by atoms with Crippen molar-refractivity contribution in [3.8, 4) is 0 Å². The zero-order chi connectivity index (χ0) is 13.6. The first-order chi connectivity index (χ1) is 8.74. The lowest BCUT2D eigenvalue weighted by Gasteiger charge is -2.26. The van der Waals surface area contributed by atoms with Gasteiger partial charge in [0.25, 0.3) is 0 Å². The summed E-state index contributed by atoms with van der Waals surface area (Å²) in [6.07, 6.45) is 13.2. The van der Waals surface area contributed by atoms with Crippen molar-refractivity contribution in [2.45, 2.75) is 64.7 Å². The molecule has 1 saturated heterocycles. The molecule has 1 heterocycles. The van der Waals surface area contributed by atoms with E-state index in [2.05, 4.69) is 26.2 Å². The van der Waals surface area contributed by atoms with E-state index >= 15 is 0 Å². The van der Waals surface area contributed by atoms with Crippen molar-refractivity contribution in [1.82, 2.24) is 0 Å². The van der Waals surface area contributed by atoms with Crippen molar-refractivity contribution >= 4 is 17.4 Å². The van der Waals surface area contributed by atoms with Crippen LogP contribution in [-0.2, 0) is 0 Å². The SMILES string of the molecule is CCCCCCCCC1CCC[NH+](C)C1.[N-]=C=S. The van der Waals surface area contributed by atoms with E-state index in [1.807, 2.05) is 0 Å². The Morgan fingerprint density at radius 1 is 1.22 bits per heavy atom. The summed E-state index contributed by atoms with van der Waals surface area (Å²) in [5.74, 6) is 1.05. The van der Waals surface area contributed by atoms with Crippen molar-refractivity contribution in [3.05, 3.63) is 5.41 Å². The highest BCUT2D eigenvalue weighted by atomic mass is 32.1. The highest BCUT2D eigenvalue weighted by Gasteiger charge is 2.19. The van der Waals surface area contributed by atoms with E-state index in [9.17, 15) is 0 Å². The minimum Gasteiger partial charge on any atom is -0.753 e. The number of hydrogen-bond acceptors (Lipinski definition) is 1. The normalized spacial score (nSPS) is 22.8. The van der Waals surface area contributed by atoms with Gasteiger partial charge in [0, 0.05) is 5.92 Å². The van der Waals surface area contributed by atoms with Crippen LogP contribution in [0.4, 0.5) is 0 Å². The van der Waals surface area contributed by atoms with Crippen molar-refractivity contribution in [2.75, 3.05) is 20.1 Å². The molecule has 1 rings (SSSR count). The van der Waals surface area contributed by atoms with E-state index in [0.717, 1.165) is 5.92 Å². The first-order valence-corrected chi connectivity index (χ1v) is 7.97. The molecule has 0 spiro atoms. The predicted octanol–water partition coefficient (Wildman–Crippen LogP) is 3.32. The summed E-state index contributed by atoms with van der Waals surface area (Å²) < 4.78 is 0. The van der Waals surface area contributed by atoms with E-state index in [0.29, 0.717) is 0 Å². The van der Waals surface area contributed by atoms with Crippen molar-refractivity contribution in [2.24, 2.45) is 5.92 Å². The Kier molecular flexibility index (Phi) is 13.0. The zero-order valence-electron chi connectivity index (χ0n) is 12.2. The van der Waals surface area contributed by atoms with Crippen LogP contribution < -0.4 is 4.90 Å². The lowest BCUT2D eigenvalue weighted by atomic mass is 9.92. The van der Waals surface area contributed by atoms with Crippen molar-refractivity contribution in [1.29, 1.82) is 0 Å². The van der Waals surface area contributed by atoms with Gasteiger partial charge >= 0.3 is 0 Å². The first kappa shape index (κ1) is 17.8. The molecule has 0 radical (unpaired) electrons. The third-order valence-electron chi connectivity index (χ3n) is 3.82. The second kappa shape index (κ2) is 13.2. The first-order valence-electron chi connectivity index (χ1n) is 7.57. The molecular weight excluding hydrogens is 240 g/mol. The third-order valence-corrected chi connectivity index (χ3v) is 3.82. The van der Waals surface area contributed by atoms with Crippen LogP contribution in [0.5, 0.6) is 0 Å². The number of quaternary nitrogens is 1. The fraction of sp³-hybridized carbons (Fsp3) is 0.933. The lowest BCUT2D eigenvalue weighted by Crippen LogP contribution is -3.10. The molecule has 2 unspecified atom stereocenters. The van der Waals surface area contributed by atoms with Gasteiger partial charge in [0.15, 0.2) is 0 Å². The van der Waals surface area contributed by atoms with E-state index in [1.165, 1.54) is 76.0 Å². The minimum atomic E-state index is 1.05. The molecule has 1 aliphatic heterocycles. The Labute approximate surface area is 119 Å². The number of likely N-dealkylation sites (tertiary alicyclic amines) is 1. The topological polar surface area (TPSA) is 26.7 Å². The Morgan fingerprint density at radius 3 is 2.44 bits per heavy atom. The summed E-state index contributed by atoms with van der Waals surface area (Å²) in [5.41, 5.74) is 0. The van der Waals surface area contributed by atoms with Crippen LogP contribution in [0.25, 0.3) is 5.41 Å².